The standard InChI is InChI=1S/C11H12FN3/c1-3-10-13-14-11(15(10)2)8-5-4-6-9(12)7-8/h4-7H,3H2,1-2H3. The van der Waals surface area contributed by atoms with Crippen molar-refractivity contribution in [2.24, 2.45) is 7.05 Å². The fraction of sp³-hybridized carbons (Fsp3) is 0.273. The first-order valence-corrected chi connectivity index (χ1v) is 4.86. The van der Waals surface area contributed by atoms with Crippen LogP contribution in [-0.2, 0) is 13.5 Å². The number of rotatable bonds is 2. The maximum Gasteiger partial charge on any atom is 0.163 e. The van der Waals surface area contributed by atoms with Gasteiger partial charge in [-0.2, -0.15) is 0 Å². The van der Waals surface area contributed by atoms with Crippen LogP contribution in [0.2, 0.25) is 0 Å². The van der Waals surface area contributed by atoms with Gasteiger partial charge in [-0.25, -0.2) is 4.39 Å². The Balaban J connectivity index is 2.49. The second-order valence-electron chi connectivity index (χ2n) is 3.36. The lowest BCUT2D eigenvalue weighted by atomic mass is 10.2. The van der Waals surface area contributed by atoms with Crippen LogP contribution < -0.4 is 0 Å². The summed E-state index contributed by atoms with van der Waals surface area (Å²) in [5.41, 5.74) is 0.754. The normalized spacial score (nSPS) is 10.6. The van der Waals surface area contributed by atoms with Gasteiger partial charge in [-0.1, -0.05) is 19.1 Å². The lowest BCUT2D eigenvalue weighted by Gasteiger charge is -2.02. The topological polar surface area (TPSA) is 30.7 Å². The van der Waals surface area contributed by atoms with E-state index in [-0.39, 0.29) is 5.82 Å². The van der Waals surface area contributed by atoms with Crippen LogP contribution in [-0.4, -0.2) is 14.8 Å². The van der Waals surface area contributed by atoms with E-state index in [0.29, 0.717) is 5.82 Å². The lowest BCUT2D eigenvalue weighted by Crippen LogP contribution is -1.98. The third-order valence-corrected chi connectivity index (χ3v) is 2.36. The molecule has 0 N–H and O–H groups in total. The Labute approximate surface area is 87.6 Å². The number of aryl methyl sites for hydroxylation is 1. The van der Waals surface area contributed by atoms with E-state index in [9.17, 15) is 4.39 Å². The Morgan fingerprint density at radius 1 is 1.33 bits per heavy atom. The first-order chi connectivity index (χ1) is 7.22. The maximum atomic E-state index is 13.0. The molecule has 0 unspecified atom stereocenters. The molecule has 1 heterocycles. The van der Waals surface area contributed by atoms with Crippen LogP contribution >= 0.6 is 0 Å². The minimum Gasteiger partial charge on any atom is -0.314 e. The van der Waals surface area contributed by atoms with Gasteiger partial charge >= 0.3 is 0 Å². The van der Waals surface area contributed by atoms with Crippen LogP contribution in [0.25, 0.3) is 11.4 Å². The molecule has 0 saturated carbocycles. The van der Waals surface area contributed by atoms with Gasteiger partial charge in [-0.15, -0.1) is 10.2 Å². The molecule has 0 aliphatic carbocycles. The SMILES string of the molecule is CCc1nnc(-c2cccc(F)c2)n1C. The fourth-order valence-corrected chi connectivity index (χ4v) is 1.55. The lowest BCUT2D eigenvalue weighted by molar-refractivity contribution is 0.628. The molecule has 0 fully saturated rings. The molecule has 78 valence electrons. The number of benzene rings is 1. The van der Waals surface area contributed by atoms with Crippen molar-refractivity contribution in [3.8, 4) is 11.4 Å². The zero-order valence-corrected chi connectivity index (χ0v) is 8.74. The molecule has 2 rings (SSSR count). The molecule has 15 heavy (non-hydrogen) atoms. The number of halogens is 1. The van der Waals surface area contributed by atoms with Gasteiger partial charge in [0, 0.05) is 19.0 Å². The number of hydrogen-bond donors (Lipinski definition) is 0. The Hall–Kier alpha value is -1.71. The van der Waals surface area contributed by atoms with Crippen molar-refractivity contribution in [1.82, 2.24) is 14.8 Å². The smallest absolute Gasteiger partial charge is 0.163 e. The Morgan fingerprint density at radius 2 is 2.13 bits per heavy atom. The Kier molecular flexibility index (Phi) is 2.49. The summed E-state index contributed by atoms with van der Waals surface area (Å²) in [5.74, 6) is 1.34. The number of aromatic nitrogens is 3. The van der Waals surface area contributed by atoms with E-state index >= 15 is 0 Å². The molecule has 2 aromatic rings. The van der Waals surface area contributed by atoms with Crippen LogP contribution in [0.5, 0.6) is 0 Å². The van der Waals surface area contributed by atoms with Crippen LogP contribution in [0.3, 0.4) is 0 Å². The van der Waals surface area contributed by atoms with E-state index in [1.807, 2.05) is 24.6 Å². The van der Waals surface area contributed by atoms with Crippen LogP contribution in [0.15, 0.2) is 24.3 Å². The summed E-state index contributed by atoms with van der Waals surface area (Å²) in [5, 5.41) is 8.07. The van der Waals surface area contributed by atoms with E-state index < -0.39 is 0 Å². The fourth-order valence-electron chi connectivity index (χ4n) is 1.55. The van der Waals surface area contributed by atoms with Crippen molar-refractivity contribution in [3.63, 3.8) is 0 Å². The highest BCUT2D eigenvalue weighted by Crippen LogP contribution is 2.18. The van der Waals surface area contributed by atoms with Gasteiger partial charge in [0.05, 0.1) is 0 Å². The largest absolute Gasteiger partial charge is 0.314 e. The zero-order valence-electron chi connectivity index (χ0n) is 8.74. The van der Waals surface area contributed by atoms with Gasteiger partial charge in [-0.05, 0) is 12.1 Å². The van der Waals surface area contributed by atoms with Crippen molar-refractivity contribution in [2.45, 2.75) is 13.3 Å². The van der Waals surface area contributed by atoms with Crippen LogP contribution in [0, 0.1) is 5.82 Å². The van der Waals surface area contributed by atoms with Gasteiger partial charge in [0.15, 0.2) is 5.82 Å². The minimum atomic E-state index is -0.256. The summed E-state index contributed by atoms with van der Waals surface area (Å²) in [6, 6.07) is 6.38. The molecule has 0 spiro atoms. The van der Waals surface area contributed by atoms with Crippen molar-refractivity contribution in [1.29, 1.82) is 0 Å². The first-order valence-electron chi connectivity index (χ1n) is 4.86. The molecule has 0 atom stereocenters. The van der Waals surface area contributed by atoms with Crippen molar-refractivity contribution < 1.29 is 4.39 Å². The summed E-state index contributed by atoms with van der Waals surface area (Å²) < 4.78 is 14.9. The monoisotopic (exact) mass is 205 g/mol. The number of nitrogens with zero attached hydrogens (tertiary/aromatic N) is 3. The van der Waals surface area contributed by atoms with Crippen molar-refractivity contribution in [2.75, 3.05) is 0 Å². The third kappa shape index (κ3) is 1.75. The summed E-state index contributed by atoms with van der Waals surface area (Å²) >= 11 is 0. The maximum absolute atomic E-state index is 13.0. The molecule has 0 bridgehead atoms. The second-order valence-corrected chi connectivity index (χ2v) is 3.36. The zero-order chi connectivity index (χ0) is 10.8. The Morgan fingerprint density at radius 3 is 2.73 bits per heavy atom. The van der Waals surface area contributed by atoms with E-state index in [0.717, 1.165) is 17.8 Å². The molecule has 1 aromatic carbocycles. The molecular formula is C11H12FN3. The van der Waals surface area contributed by atoms with Crippen LogP contribution in [0.4, 0.5) is 4.39 Å². The first kappa shape index (κ1) is 9.83. The predicted molar refractivity (Wildman–Crippen MR) is 55.8 cm³/mol. The van der Waals surface area contributed by atoms with Gasteiger partial charge in [0.1, 0.15) is 11.6 Å². The summed E-state index contributed by atoms with van der Waals surface area (Å²) in [7, 11) is 1.89. The summed E-state index contributed by atoms with van der Waals surface area (Å²) in [4.78, 5) is 0. The summed E-state index contributed by atoms with van der Waals surface area (Å²) in [6.07, 6.45) is 0.818. The molecule has 0 amide bonds. The molecular weight excluding hydrogens is 193 g/mol. The molecule has 3 nitrogen and oxygen atoms in total. The summed E-state index contributed by atoms with van der Waals surface area (Å²) in [6.45, 7) is 2.01. The van der Waals surface area contributed by atoms with Crippen molar-refractivity contribution >= 4 is 0 Å². The third-order valence-electron chi connectivity index (χ3n) is 2.36. The van der Waals surface area contributed by atoms with Crippen molar-refractivity contribution in [3.05, 3.63) is 35.9 Å². The molecule has 0 aliphatic heterocycles. The van der Waals surface area contributed by atoms with E-state index in [2.05, 4.69) is 10.2 Å². The van der Waals surface area contributed by atoms with Crippen LogP contribution in [0.1, 0.15) is 12.7 Å². The van der Waals surface area contributed by atoms with Gasteiger partial charge in [0.2, 0.25) is 0 Å². The average Bonchev–Trinajstić information content (AvgIpc) is 2.59. The molecule has 1 aromatic heterocycles. The molecule has 0 saturated heterocycles. The highest BCUT2D eigenvalue weighted by molar-refractivity contribution is 5.55. The van der Waals surface area contributed by atoms with Gasteiger partial charge in [-0.3, -0.25) is 0 Å². The quantitative estimate of drug-likeness (QED) is 0.752. The van der Waals surface area contributed by atoms with E-state index in [1.54, 1.807) is 6.07 Å². The Bertz CT molecular complexity index is 476. The molecule has 0 aliphatic rings. The highest BCUT2D eigenvalue weighted by Gasteiger charge is 2.09. The molecule has 0 radical (unpaired) electrons. The van der Waals surface area contributed by atoms with E-state index in [1.165, 1.54) is 12.1 Å². The van der Waals surface area contributed by atoms with E-state index in [4.69, 9.17) is 0 Å². The minimum absolute atomic E-state index is 0.256. The average molecular weight is 205 g/mol. The second kappa shape index (κ2) is 3.81. The van der Waals surface area contributed by atoms with Gasteiger partial charge in [0.25, 0.3) is 0 Å². The highest BCUT2D eigenvalue weighted by atomic mass is 19.1. The predicted octanol–water partition coefficient (Wildman–Crippen LogP) is 2.18. The molecule has 4 heteroatoms. The number of hydrogen-bond acceptors (Lipinski definition) is 2. The van der Waals surface area contributed by atoms with Gasteiger partial charge < -0.3 is 4.57 Å².